The lowest BCUT2D eigenvalue weighted by atomic mass is 9.85. The van der Waals surface area contributed by atoms with Gasteiger partial charge in [-0.2, -0.15) is 0 Å². The van der Waals surface area contributed by atoms with Crippen LogP contribution in [-0.4, -0.2) is 6.61 Å². The van der Waals surface area contributed by atoms with Gasteiger partial charge in [0.25, 0.3) is 0 Å². The van der Waals surface area contributed by atoms with Crippen molar-refractivity contribution in [2.24, 2.45) is 0 Å². The van der Waals surface area contributed by atoms with Gasteiger partial charge in [0.05, 0.1) is 6.61 Å². The molecule has 1 heteroatoms. The first-order chi connectivity index (χ1) is 6.48. The summed E-state index contributed by atoms with van der Waals surface area (Å²) in [7, 11) is 0. The third-order valence-electron chi connectivity index (χ3n) is 2.83. The minimum absolute atomic E-state index is 0.233. The van der Waals surface area contributed by atoms with Crippen molar-refractivity contribution in [2.45, 2.75) is 39.2 Å². The van der Waals surface area contributed by atoms with E-state index in [0.717, 1.165) is 6.61 Å². The molecule has 1 unspecified atom stereocenters. The first-order valence-electron chi connectivity index (χ1n) is 5.21. The molecule has 1 atom stereocenters. The number of benzene rings is 1. The summed E-state index contributed by atoms with van der Waals surface area (Å²) in [5.74, 6) is 0. The molecular formula is C13H18O. The SMILES string of the molecule is Cc1ccc(C(C)(C)C)cc1C1CO1. The number of ether oxygens (including phenoxy) is 1. The molecule has 0 radical (unpaired) electrons. The van der Waals surface area contributed by atoms with Crippen LogP contribution in [0.2, 0.25) is 0 Å². The lowest BCUT2D eigenvalue weighted by molar-refractivity contribution is 0.414. The van der Waals surface area contributed by atoms with Crippen LogP contribution in [0.5, 0.6) is 0 Å². The second kappa shape index (κ2) is 3.09. The number of aryl methyl sites for hydroxylation is 1. The van der Waals surface area contributed by atoms with Crippen molar-refractivity contribution in [1.29, 1.82) is 0 Å². The van der Waals surface area contributed by atoms with Crippen molar-refractivity contribution in [3.05, 3.63) is 34.9 Å². The predicted molar refractivity (Wildman–Crippen MR) is 58.6 cm³/mol. The van der Waals surface area contributed by atoms with Crippen LogP contribution in [0.15, 0.2) is 18.2 Å². The highest BCUT2D eigenvalue weighted by Gasteiger charge is 2.27. The average Bonchev–Trinajstić information content (AvgIpc) is 2.85. The van der Waals surface area contributed by atoms with E-state index in [-0.39, 0.29) is 5.41 Å². The monoisotopic (exact) mass is 190 g/mol. The van der Waals surface area contributed by atoms with E-state index in [4.69, 9.17) is 4.74 Å². The summed E-state index contributed by atoms with van der Waals surface area (Å²) in [6.07, 6.45) is 0.372. The van der Waals surface area contributed by atoms with Gasteiger partial charge in [-0.15, -0.1) is 0 Å². The van der Waals surface area contributed by atoms with Gasteiger partial charge in [0, 0.05) is 0 Å². The van der Waals surface area contributed by atoms with E-state index < -0.39 is 0 Å². The Labute approximate surface area is 86.1 Å². The predicted octanol–water partition coefficient (Wildman–Crippen LogP) is 3.36. The molecule has 2 rings (SSSR count). The van der Waals surface area contributed by atoms with Crippen molar-refractivity contribution in [2.75, 3.05) is 6.61 Å². The third kappa shape index (κ3) is 1.83. The molecule has 14 heavy (non-hydrogen) atoms. The quantitative estimate of drug-likeness (QED) is 0.618. The van der Waals surface area contributed by atoms with Crippen LogP contribution in [0.25, 0.3) is 0 Å². The zero-order chi connectivity index (χ0) is 10.3. The van der Waals surface area contributed by atoms with Gasteiger partial charge < -0.3 is 4.74 Å². The van der Waals surface area contributed by atoms with E-state index in [1.807, 2.05) is 0 Å². The molecule has 0 aliphatic carbocycles. The lowest BCUT2D eigenvalue weighted by Crippen LogP contribution is -2.11. The number of hydrogen-bond donors (Lipinski definition) is 0. The van der Waals surface area contributed by atoms with Gasteiger partial charge >= 0.3 is 0 Å². The smallest absolute Gasteiger partial charge is 0.106 e. The molecular weight excluding hydrogens is 172 g/mol. The van der Waals surface area contributed by atoms with Crippen LogP contribution in [0, 0.1) is 6.92 Å². The summed E-state index contributed by atoms with van der Waals surface area (Å²) >= 11 is 0. The van der Waals surface area contributed by atoms with E-state index in [2.05, 4.69) is 45.9 Å². The van der Waals surface area contributed by atoms with Crippen molar-refractivity contribution < 1.29 is 4.74 Å². The number of rotatable bonds is 1. The molecule has 0 N–H and O–H groups in total. The van der Waals surface area contributed by atoms with Gasteiger partial charge in [0.1, 0.15) is 6.10 Å². The van der Waals surface area contributed by atoms with E-state index in [0.29, 0.717) is 6.10 Å². The highest BCUT2D eigenvalue weighted by atomic mass is 16.6. The molecule has 0 saturated carbocycles. The molecule has 0 bridgehead atoms. The number of hydrogen-bond acceptors (Lipinski definition) is 1. The van der Waals surface area contributed by atoms with Gasteiger partial charge in [-0.05, 0) is 29.0 Å². The van der Waals surface area contributed by atoms with E-state index >= 15 is 0 Å². The molecule has 76 valence electrons. The van der Waals surface area contributed by atoms with Crippen LogP contribution in [0.3, 0.4) is 0 Å². The number of epoxide rings is 1. The van der Waals surface area contributed by atoms with Crippen molar-refractivity contribution in [3.8, 4) is 0 Å². The van der Waals surface area contributed by atoms with Crippen LogP contribution >= 0.6 is 0 Å². The zero-order valence-electron chi connectivity index (χ0n) is 9.42. The fourth-order valence-electron chi connectivity index (χ4n) is 1.68. The molecule has 0 amide bonds. The minimum Gasteiger partial charge on any atom is -0.368 e. The molecule has 1 aromatic carbocycles. The fourth-order valence-corrected chi connectivity index (χ4v) is 1.68. The first kappa shape index (κ1) is 9.72. The van der Waals surface area contributed by atoms with Crippen LogP contribution in [-0.2, 0) is 10.2 Å². The minimum atomic E-state index is 0.233. The topological polar surface area (TPSA) is 12.5 Å². The lowest BCUT2D eigenvalue weighted by Gasteiger charge is -2.20. The molecule has 0 aromatic heterocycles. The van der Waals surface area contributed by atoms with Gasteiger partial charge in [0.15, 0.2) is 0 Å². The second-order valence-electron chi connectivity index (χ2n) is 5.14. The normalized spacial score (nSPS) is 21.0. The summed E-state index contributed by atoms with van der Waals surface area (Å²) in [6, 6.07) is 6.73. The highest BCUT2D eigenvalue weighted by Crippen LogP contribution is 2.34. The molecule has 1 saturated heterocycles. The molecule has 0 spiro atoms. The Hall–Kier alpha value is -0.820. The zero-order valence-corrected chi connectivity index (χ0v) is 9.42. The molecule has 1 heterocycles. The average molecular weight is 190 g/mol. The molecule has 1 nitrogen and oxygen atoms in total. The highest BCUT2D eigenvalue weighted by molar-refractivity contribution is 5.37. The summed E-state index contributed by atoms with van der Waals surface area (Å²) < 4.78 is 5.34. The largest absolute Gasteiger partial charge is 0.368 e. The third-order valence-corrected chi connectivity index (χ3v) is 2.83. The van der Waals surface area contributed by atoms with Crippen molar-refractivity contribution >= 4 is 0 Å². The van der Waals surface area contributed by atoms with Gasteiger partial charge in [-0.1, -0.05) is 39.0 Å². The van der Waals surface area contributed by atoms with Crippen molar-refractivity contribution in [3.63, 3.8) is 0 Å². The molecule has 1 aliphatic rings. The molecule has 1 aliphatic heterocycles. The van der Waals surface area contributed by atoms with E-state index in [1.165, 1.54) is 16.7 Å². The molecule has 1 aromatic rings. The molecule has 1 fully saturated rings. The van der Waals surface area contributed by atoms with E-state index in [1.54, 1.807) is 0 Å². The van der Waals surface area contributed by atoms with Gasteiger partial charge in [-0.25, -0.2) is 0 Å². The second-order valence-corrected chi connectivity index (χ2v) is 5.14. The maximum Gasteiger partial charge on any atom is 0.106 e. The Kier molecular flexibility index (Phi) is 2.15. The maximum absolute atomic E-state index is 5.34. The van der Waals surface area contributed by atoms with Crippen LogP contribution < -0.4 is 0 Å². The Morgan fingerprint density at radius 1 is 1.29 bits per heavy atom. The summed E-state index contributed by atoms with van der Waals surface area (Å²) in [5.41, 5.74) is 4.35. The Morgan fingerprint density at radius 2 is 1.93 bits per heavy atom. The van der Waals surface area contributed by atoms with Gasteiger partial charge in [-0.3, -0.25) is 0 Å². The van der Waals surface area contributed by atoms with Crippen LogP contribution in [0.1, 0.15) is 43.6 Å². The standard InChI is InChI=1S/C13H18O/c1-9-5-6-10(13(2,3)4)7-11(9)12-8-14-12/h5-7,12H,8H2,1-4H3. The van der Waals surface area contributed by atoms with Gasteiger partial charge in [0.2, 0.25) is 0 Å². The van der Waals surface area contributed by atoms with E-state index in [9.17, 15) is 0 Å². The van der Waals surface area contributed by atoms with Crippen molar-refractivity contribution in [1.82, 2.24) is 0 Å². The van der Waals surface area contributed by atoms with Crippen LogP contribution in [0.4, 0.5) is 0 Å². The fraction of sp³-hybridized carbons (Fsp3) is 0.538. The Morgan fingerprint density at radius 3 is 2.43 bits per heavy atom. The summed E-state index contributed by atoms with van der Waals surface area (Å²) in [5, 5.41) is 0. The summed E-state index contributed by atoms with van der Waals surface area (Å²) in [6.45, 7) is 9.79. The summed E-state index contributed by atoms with van der Waals surface area (Å²) in [4.78, 5) is 0. The maximum atomic E-state index is 5.34. The Balaban J connectivity index is 2.40. The Bertz CT molecular complexity index is 343. The first-order valence-corrected chi connectivity index (χ1v) is 5.21.